The lowest BCUT2D eigenvalue weighted by Crippen LogP contribution is -2.17. The summed E-state index contributed by atoms with van der Waals surface area (Å²) in [6.07, 6.45) is 0.991. The lowest BCUT2D eigenvalue weighted by molar-refractivity contribution is 0.555. The summed E-state index contributed by atoms with van der Waals surface area (Å²) in [4.78, 5) is 0. The Morgan fingerprint density at radius 2 is 1.93 bits per heavy atom. The van der Waals surface area contributed by atoms with Gasteiger partial charge in [0.25, 0.3) is 0 Å². The van der Waals surface area contributed by atoms with Crippen LogP contribution in [0.5, 0.6) is 0 Å². The standard InChI is InChI=1S/C12H13IN2/c1-3-12(2)11(13)10(14-15-12)9-7-5-4-6-8-9/h4-8H,3H2,1-2H3. The second kappa shape index (κ2) is 4.04. The van der Waals surface area contributed by atoms with Crippen LogP contribution in [-0.4, -0.2) is 5.54 Å². The van der Waals surface area contributed by atoms with Crippen LogP contribution in [0.3, 0.4) is 0 Å². The first-order valence-electron chi connectivity index (χ1n) is 5.06. The van der Waals surface area contributed by atoms with E-state index in [0.29, 0.717) is 0 Å². The molecule has 0 saturated carbocycles. The molecule has 0 N–H and O–H groups in total. The van der Waals surface area contributed by atoms with Crippen molar-refractivity contribution in [2.24, 2.45) is 10.2 Å². The first-order chi connectivity index (χ1) is 7.17. The first kappa shape index (κ1) is 10.8. The van der Waals surface area contributed by atoms with Gasteiger partial charge >= 0.3 is 0 Å². The number of halogens is 1. The van der Waals surface area contributed by atoms with Gasteiger partial charge in [0.05, 0.1) is 0 Å². The summed E-state index contributed by atoms with van der Waals surface area (Å²) in [7, 11) is 0. The molecule has 15 heavy (non-hydrogen) atoms. The Balaban J connectivity index is 2.45. The molecule has 1 atom stereocenters. The maximum absolute atomic E-state index is 4.37. The quantitative estimate of drug-likeness (QED) is 0.722. The highest BCUT2D eigenvalue weighted by Crippen LogP contribution is 2.42. The SMILES string of the molecule is CCC1(C)N=NC(c2ccccc2)=C1I. The molecule has 1 aliphatic heterocycles. The fraction of sp³-hybridized carbons (Fsp3) is 0.333. The van der Waals surface area contributed by atoms with Gasteiger partial charge in [0.15, 0.2) is 0 Å². The van der Waals surface area contributed by atoms with Crippen LogP contribution in [0.4, 0.5) is 0 Å². The molecule has 2 nitrogen and oxygen atoms in total. The third kappa shape index (κ3) is 1.85. The van der Waals surface area contributed by atoms with Crippen LogP contribution in [0.15, 0.2) is 44.1 Å². The van der Waals surface area contributed by atoms with Crippen LogP contribution in [-0.2, 0) is 0 Å². The summed E-state index contributed by atoms with van der Waals surface area (Å²) < 4.78 is 1.24. The highest BCUT2D eigenvalue weighted by Gasteiger charge is 2.33. The lowest BCUT2D eigenvalue weighted by Gasteiger charge is -2.16. The summed E-state index contributed by atoms with van der Waals surface area (Å²) in [5.74, 6) is 0. The summed E-state index contributed by atoms with van der Waals surface area (Å²) in [6, 6.07) is 10.2. The van der Waals surface area contributed by atoms with Gasteiger partial charge in [-0.3, -0.25) is 0 Å². The van der Waals surface area contributed by atoms with Crippen molar-refractivity contribution >= 4 is 28.3 Å². The average Bonchev–Trinajstić information content (AvgIpc) is 2.58. The zero-order valence-corrected chi connectivity index (χ0v) is 11.0. The van der Waals surface area contributed by atoms with Gasteiger partial charge < -0.3 is 0 Å². The Bertz CT molecular complexity index is 423. The minimum absolute atomic E-state index is 0.105. The van der Waals surface area contributed by atoms with Crippen LogP contribution >= 0.6 is 22.6 Å². The molecule has 0 bridgehead atoms. The molecule has 1 aromatic rings. The fourth-order valence-corrected chi connectivity index (χ4v) is 2.42. The monoisotopic (exact) mass is 312 g/mol. The van der Waals surface area contributed by atoms with Crippen LogP contribution in [0.2, 0.25) is 0 Å². The predicted octanol–water partition coefficient (Wildman–Crippen LogP) is 4.42. The summed E-state index contributed by atoms with van der Waals surface area (Å²) in [5, 5.41) is 8.68. The van der Waals surface area contributed by atoms with Gasteiger partial charge in [0, 0.05) is 9.14 Å². The largest absolute Gasteiger partial charge is 0.177 e. The summed E-state index contributed by atoms with van der Waals surface area (Å²) in [6.45, 7) is 4.28. The minimum Gasteiger partial charge on any atom is -0.177 e. The molecule has 0 aliphatic carbocycles. The van der Waals surface area contributed by atoms with E-state index in [1.54, 1.807) is 0 Å². The normalized spacial score (nSPS) is 25.0. The Labute approximate surface area is 104 Å². The Morgan fingerprint density at radius 3 is 2.47 bits per heavy atom. The van der Waals surface area contributed by atoms with E-state index in [1.807, 2.05) is 18.2 Å². The topological polar surface area (TPSA) is 24.7 Å². The Morgan fingerprint density at radius 1 is 1.27 bits per heavy atom. The van der Waals surface area contributed by atoms with Crippen molar-refractivity contribution in [3.05, 3.63) is 39.5 Å². The van der Waals surface area contributed by atoms with Crippen LogP contribution in [0, 0.1) is 0 Å². The molecule has 1 aromatic carbocycles. The molecule has 3 heteroatoms. The van der Waals surface area contributed by atoms with E-state index in [9.17, 15) is 0 Å². The number of benzene rings is 1. The van der Waals surface area contributed by atoms with Gasteiger partial charge in [-0.05, 0) is 35.9 Å². The lowest BCUT2D eigenvalue weighted by atomic mass is 9.98. The van der Waals surface area contributed by atoms with Gasteiger partial charge in [0.1, 0.15) is 11.2 Å². The molecule has 0 amide bonds. The molecule has 0 spiro atoms. The molecule has 0 fully saturated rings. The second-order valence-electron chi connectivity index (χ2n) is 3.86. The summed E-state index contributed by atoms with van der Waals surface area (Å²) in [5.41, 5.74) is 2.08. The molecule has 78 valence electrons. The second-order valence-corrected chi connectivity index (χ2v) is 4.93. The molecule has 1 aliphatic rings. The van der Waals surface area contributed by atoms with E-state index >= 15 is 0 Å². The van der Waals surface area contributed by atoms with E-state index in [2.05, 4.69) is 58.8 Å². The van der Waals surface area contributed by atoms with Crippen molar-refractivity contribution in [1.82, 2.24) is 0 Å². The molecule has 0 aromatic heterocycles. The third-order valence-corrected chi connectivity index (χ3v) is 4.46. The first-order valence-corrected chi connectivity index (χ1v) is 6.14. The van der Waals surface area contributed by atoms with E-state index in [4.69, 9.17) is 0 Å². The Hall–Kier alpha value is -0.710. The molecular weight excluding hydrogens is 299 g/mol. The number of hydrogen-bond donors (Lipinski definition) is 0. The van der Waals surface area contributed by atoms with Gasteiger partial charge in [-0.1, -0.05) is 37.3 Å². The van der Waals surface area contributed by atoms with Gasteiger partial charge in [-0.2, -0.15) is 10.2 Å². The van der Waals surface area contributed by atoms with Gasteiger partial charge in [-0.25, -0.2) is 0 Å². The van der Waals surface area contributed by atoms with Gasteiger partial charge in [0.2, 0.25) is 0 Å². The van der Waals surface area contributed by atoms with E-state index in [0.717, 1.165) is 17.7 Å². The van der Waals surface area contributed by atoms with Crippen molar-refractivity contribution in [3.8, 4) is 0 Å². The van der Waals surface area contributed by atoms with Crippen LogP contribution < -0.4 is 0 Å². The van der Waals surface area contributed by atoms with Crippen LogP contribution in [0.1, 0.15) is 25.8 Å². The maximum atomic E-state index is 4.37. The average molecular weight is 312 g/mol. The van der Waals surface area contributed by atoms with E-state index in [-0.39, 0.29) is 5.54 Å². The molecule has 0 saturated heterocycles. The Kier molecular flexibility index (Phi) is 2.91. The number of nitrogens with zero attached hydrogens (tertiary/aromatic N) is 2. The molecule has 0 radical (unpaired) electrons. The number of rotatable bonds is 2. The van der Waals surface area contributed by atoms with E-state index < -0.39 is 0 Å². The third-order valence-electron chi connectivity index (χ3n) is 2.79. The maximum Gasteiger partial charge on any atom is 0.112 e. The number of hydrogen-bond acceptors (Lipinski definition) is 2. The van der Waals surface area contributed by atoms with Crippen LogP contribution in [0.25, 0.3) is 5.70 Å². The number of azo groups is 1. The fourth-order valence-electron chi connectivity index (χ4n) is 1.51. The zero-order valence-electron chi connectivity index (χ0n) is 8.87. The zero-order chi connectivity index (χ0) is 10.9. The summed E-state index contributed by atoms with van der Waals surface area (Å²) >= 11 is 2.37. The predicted molar refractivity (Wildman–Crippen MR) is 70.9 cm³/mol. The van der Waals surface area contributed by atoms with E-state index in [1.165, 1.54) is 3.58 Å². The van der Waals surface area contributed by atoms with Crippen molar-refractivity contribution in [2.75, 3.05) is 0 Å². The van der Waals surface area contributed by atoms with Crippen molar-refractivity contribution < 1.29 is 0 Å². The highest BCUT2D eigenvalue weighted by molar-refractivity contribution is 14.1. The van der Waals surface area contributed by atoms with Crippen molar-refractivity contribution in [1.29, 1.82) is 0 Å². The van der Waals surface area contributed by atoms with Crippen molar-refractivity contribution in [2.45, 2.75) is 25.8 Å². The molecular formula is C12H13IN2. The minimum atomic E-state index is -0.105. The van der Waals surface area contributed by atoms with Gasteiger partial charge in [-0.15, -0.1) is 0 Å². The highest BCUT2D eigenvalue weighted by atomic mass is 127. The van der Waals surface area contributed by atoms with Crippen molar-refractivity contribution in [3.63, 3.8) is 0 Å². The molecule has 1 unspecified atom stereocenters. The molecule has 2 rings (SSSR count). The molecule has 1 heterocycles. The smallest absolute Gasteiger partial charge is 0.112 e.